The van der Waals surface area contributed by atoms with Crippen molar-refractivity contribution in [2.75, 3.05) is 39.9 Å². The highest BCUT2D eigenvalue weighted by atomic mass is 32.1. The minimum Gasteiger partial charge on any atom is -0.384 e. The number of hydrogen-bond acceptors (Lipinski definition) is 5. The number of methoxy groups -OCH3 is 1. The van der Waals surface area contributed by atoms with Crippen LogP contribution in [0.15, 0.2) is 24.3 Å². The van der Waals surface area contributed by atoms with Gasteiger partial charge in [0.25, 0.3) is 0 Å². The molecule has 0 unspecified atom stereocenters. The number of ether oxygens (including phenoxy) is 1. The van der Waals surface area contributed by atoms with E-state index in [4.69, 9.17) is 4.74 Å². The van der Waals surface area contributed by atoms with Crippen LogP contribution in [0.1, 0.15) is 31.2 Å². The number of piperidine rings is 1. The average Bonchev–Trinajstić information content (AvgIpc) is 3.28. The molecule has 2 atom stereocenters. The first kappa shape index (κ1) is 20.3. The summed E-state index contributed by atoms with van der Waals surface area (Å²) in [5.41, 5.74) is 0.917. The molecule has 2 aliphatic rings. The number of likely N-dealkylation sites (tertiary alicyclic amines) is 2. The van der Waals surface area contributed by atoms with Crippen molar-refractivity contribution in [3.8, 4) is 0 Å². The smallest absolute Gasteiger partial charge is 0.222 e. The Balaban J connectivity index is 1.35. The molecule has 4 rings (SSSR count). The van der Waals surface area contributed by atoms with Crippen LogP contribution in [-0.4, -0.2) is 66.5 Å². The summed E-state index contributed by atoms with van der Waals surface area (Å²) in [5, 5.41) is 1.10. The van der Waals surface area contributed by atoms with Crippen molar-refractivity contribution in [3.05, 3.63) is 29.3 Å². The van der Waals surface area contributed by atoms with Gasteiger partial charge in [0.2, 0.25) is 11.8 Å². The summed E-state index contributed by atoms with van der Waals surface area (Å²) >= 11 is 1.72. The Morgan fingerprint density at radius 2 is 2.07 bits per heavy atom. The Kier molecular flexibility index (Phi) is 5.88. The minimum atomic E-state index is -0.124. The quantitative estimate of drug-likeness (QED) is 0.728. The van der Waals surface area contributed by atoms with Gasteiger partial charge in [-0.15, -0.1) is 11.3 Å². The second kappa shape index (κ2) is 8.40. The maximum absolute atomic E-state index is 12.9. The maximum Gasteiger partial charge on any atom is 0.222 e. The summed E-state index contributed by atoms with van der Waals surface area (Å²) in [5.74, 6) is 0.733. The molecule has 0 saturated carbocycles. The van der Waals surface area contributed by atoms with E-state index in [1.165, 1.54) is 4.70 Å². The Labute approximate surface area is 175 Å². The standard InChI is InChI=1S/C22H29N3O3S/c1-16(26)24-11-10-17-12-25(14-22(17,13-24)15-28-2)21(27)9-5-8-20-23-18-6-3-4-7-19(18)29-20/h3-4,6-7,17H,5,8-15H2,1-2H3/t17-,22+/m1/s1. The van der Waals surface area contributed by atoms with E-state index in [9.17, 15) is 9.59 Å². The van der Waals surface area contributed by atoms with Gasteiger partial charge in [-0.2, -0.15) is 0 Å². The molecule has 2 amide bonds. The lowest BCUT2D eigenvalue weighted by Crippen LogP contribution is -2.52. The topological polar surface area (TPSA) is 62.7 Å². The highest BCUT2D eigenvalue weighted by molar-refractivity contribution is 7.18. The Bertz CT molecular complexity index is 865. The normalized spacial score (nSPS) is 24.1. The molecule has 0 radical (unpaired) electrons. The molecule has 7 heteroatoms. The molecule has 1 aromatic heterocycles. The lowest BCUT2D eigenvalue weighted by atomic mass is 9.74. The fraction of sp³-hybridized carbons (Fsp3) is 0.591. The fourth-order valence-electron chi connectivity index (χ4n) is 4.91. The van der Waals surface area contributed by atoms with Crippen LogP contribution in [0.25, 0.3) is 10.2 Å². The van der Waals surface area contributed by atoms with Crippen molar-refractivity contribution in [2.45, 2.75) is 32.6 Å². The van der Waals surface area contributed by atoms with Gasteiger partial charge in [0.05, 0.1) is 21.8 Å². The van der Waals surface area contributed by atoms with Crippen molar-refractivity contribution in [1.29, 1.82) is 0 Å². The van der Waals surface area contributed by atoms with Gasteiger partial charge in [-0.25, -0.2) is 4.98 Å². The molecule has 0 aliphatic carbocycles. The van der Waals surface area contributed by atoms with E-state index in [0.29, 0.717) is 32.0 Å². The number of hydrogen-bond donors (Lipinski definition) is 0. The van der Waals surface area contributed by atoms with Gasteiger partial charge in [0.1, 0.15) is 0 Å². The third kappa shape index (κ3) is 4.16. The van der Waals surface area contributed by atoms with Crippen molar-refractivity contribution >= 4 is 33.4 Å². The molecule has 156 valence electrons. The number of para-hydroxylation sites is 1. The number of benzene rings is 1. The summed E-state index contributed by atoms with van der Waals surface area (Å²) in [6.45, 7) is 5.17. The number of fused-ring (bicyclic) bond motifs is 2. The zero-order valence-electron chi connectivity index (χ0n) is 17.2. The molecule has 2 aromatic rings. The Morgan fingerprint density at radius 3 is 2.83 bits per heavy atom. The van der Waals surface area contributed by atoms with Crippen LogP contribution in [0.2, 0.25) is 0 Å². The predicted octanol–water partition coefficient (Wildman–Crippen LogP) is 2.96. The third-order valence-electron chi connectivity index (χ3n) is 6.42. The Morgan fingerprint density at radius 1 is 1.28 bits per heavy atom. The number of carbonyl (C=O) groups is 2. The monoisotopic (exact) mass is 415 g/mol. The van der Waals surface area contributed by atoms with E-state index in [-0.39, 0.29) is 17.2 Å². The molecule has 29 heavy (non-hydrogen) atoms. The number of rotatable bonds is 6. The van der Waals surface area contributed by atoms with E-state index in [1.54, 1.807) is 25.4 Å². The van der Waals surface area contributed by atoms with E-state index in [2.05, 4.69) is 11.1 Å². The summed E-state index contributed by atoms with van der Waals surface area (Å²) in [7, 11) is 1.71. The first-order valence-electron chi connectivity index (χ1n) is 10.4. The summed E-state index contributed by atoms with van der Waals surface area (Å²) in [6.07, 6.45) is 3.14. The molecule has 6 nitrogen and oxygen atoms in total. The van der Waals surface area contributed by atoms with Gasteiger partial charge in [0.15, 0.2) is 0 Å². The summed E-state index contributed by atoms with van der Waals surface area (Å²) < 4.78 is 6.73. The van der Waals surface area contributed by atoms with E-state index in [0.717, 1.165) is 42.9 Å². The van der Waals surface area contributed by atoms with Crippen molar-refractivity contribution in [1.82, 2.24) is 14.8 Å². The van der Waals surface area contributed by atoms with Gasteiger partial charge in [0, 0.05) is 52.0 Å². The van der Waals surface area contributed by atoms with Crippen LogP contribution < -0.4 is 0 Å². The van der Waals surface area contributed by atoms with Crippen LogP contribution in [0.5, 0.6) is 0 Å². The summed E-state index contributed by atoms with van der Waals surface area (Å²) in [4.78, 5) is 33.4. The number of nitrogens with zero attached hydrogens (tertiary/aromatic N) is 3. The Hall–Kier alpha value is -1.99. The van der Waals surface area contributed by atoms with Crippen molar-refractivity contribution in [3.63, 3.8) is 0 Å². The predicted molar refractivity (Wildman–Crippen MR) is 114 cm³/mol. The second-order valence-electron chi connectivity index (χ2n) is 8.42. The van der Waals surface area contributed by atoms with Gasteiger partial charge >= 0.3 is 0 Å². The van der Waals surface area contributed by atoms with Gasteiger partial charge in [-0.05, 0) is 37.3 Å². The number of amides is 2. The molecular weight excluding hydrogens is 386 g/mol. The van der Waals surface area contributed by atoms with Gasteiger partial charge in [-0.1, -0.05) is 12.1 Å². The summed E-state index contributed by atoms with van der Waals surface area (Å²) in [6, 6.07) is 8.16. The zero-order valence-corrected chi connectivity index (χ0v) is 18.0. The van der Waals surface area contributed by atoms with Crippen LogP contribution >= 0.6 is 11.3 Å². The van der Waals surface area contributed by atoms with Gasteiger partial charge < -0.3 is 14.5 Å². The number of carbonyl (C=O) groups excluding carboxylic acids is 2. The van der Waals surface area contributed by atoms with Crippen molar-refractivity contribution < 1.29 is 14.3 Å². The zero-order chi connectivity index (χ0) is 20.4. The third-order valence-corrected chi connectivity index (χ3v) is 7.51. The molecule has 3 heterocycles. The highest BCUT2D eigenvalue weighted by Gasteiger charge is 2.51. The lowest BCUT2D eigenvalue weighted by Gasteiger charge is -2.43. The molecule has 2 saturated heterocycles. The molecule has 2 aliphatic heterocycles. The minimum absolute atomic E-state index is 0.111. The highest BCUT2D eigenvalue weighted by Crippen LogP contribution is 2.42. The maximum atomic E-state index is 12.9. The second-order valence-corrected chi connectivity index (χ2v) is 9.54. The average molecular weight is 416 g/mol. The molecule has 2 fully saturated rings. The SMILES string of the molecule is COC[C@@]12CN(C(C)=O)CC[C@@H]1CN(C(=O)CCCc1nc3ccccc3s1)C2. The first-order valence-corrected chi connectivity index (χ1v) is 11.2. The molecule has 0 spiro atoms. The first-order chi connectivity index (χ1) is 14.0. The molecule has 0 bridgehead atoms. The van der Waals surface area contributed by atoms with E-state index < -0.39 is 0 Å². The molecule has 1 aromatic carbocycles. The lowest BCUT2D eigenvalue weighted by molar-refractivity contribution is -0.134. The molecular formula is C22H29N3O3S. The number of aryl methyl sites for hydroxylation is 1. The van der Waals surface area contributed by atoms with Gasteiger partial charge in [-0.3, -0.25) is 9.59 Å². The van der Waals surface area contributed by atoms with E-state index >= 15 is 0 Å². The largest absolute Gasteiger partial charge is 0.384 e. The van der Waals surface area contributed by atoms with Crippen LogP contribution in [0.3, 0.4) is 0 Å². The van der Waals surface area contributed by atoms with Crippen molar-refractivity contribution in [2.24, 2.45) is 11.3 Å². The van der Waals surface area contributed by atoms with Crippen LogP contribution in [0, 0.1) is 11.3 Å². The van der Waals surface area contributed by atoms with E-state index in [1.807, 2.05) is 28.0 Å². The number of aromatic nitrogens is 1. The number of thiazole rings is 1. The fourth-order valence-corrected chi connectivity index (χ4v) is 5.92. The van der Waals surface area contributed by atoms with Crippen LogP contribution in [0.4, 0.5) is 0 Å². The van der Waals surface area contributed by atoms with Crippen LogP contribution in [-0.2, 0) is 20.7 Å². The molecule has 0 N–H and O–H groups in total.